The van der Waals surface area contributed by atoms with E-state index in [2.05, 4.69) is 5.32 Å². The number of carbonyl (C=O) groups excluding carboxylic acids is 1. The van der Waals surface area contributed by atoms with Crippen molar-refractivity contribution in [3.8, 4) is 0 Å². The van der Waals surface area contributed by atoms with Gasteiger partial charge in [0.05, 0.1) is 6.42 Å². The Hall–Kier alpha value is -2.43. The van der Waals surface area contributed by atoms with E-state index >= 15 is 0 Å². The summed E-state index contributed by atoms with van der Waals surface area (Å²) in [5.41, 5.74) is 2.06. The lowest BCUT2D eigenvalue weighted by atomic mass is 10.1. The van der Waals surface area contributed by atoms with E-state index in [0.29, 0.717) is 12.6 Å². The molecule has 0 aliphatic rings. The topological polar surface area (TPSA) is 92.7 Å². The molecule has 1 amide bonds. The number of amides is 1. The maximum Gasteiger partial charge on any atom is 0.305 e. The minimum Gasteiger partial charge on any atom is -0.481 e. The fourth-order valence-corrected chi connectivity index (χ4v) is 3.81. The summed E-state index contributed by atoms with van der Waals surface area (Å²) in [6.07, 6.45) is 1.12. The molecule has 2 aromatic carbocycles. The summed E-state index contributed by atoms with van der Waals surface area (Å²) >= 11 is 0. The average molecular weight is 403 g/mol. The molecule has 0 radical (unpaired) electrons. The van der Waals surface area contributed by atoms with Crippen LogP contribution in [0.15, 0.2) is 60.7 Å². The minimum atomic E-state index is -2.39. The van der Waals surface area contributed by atoms with Gasteiger partial charge in [0.15, 0.2) is 8.03 Å². The second kappa shape index (κ2) is 12.1. The van der Waals surface area contributed by atoms with E-state index in [1.54, 1.807) is 0 Å². The normalized spacial score (nSPS) is 12.9. The van der Waals surface area contributed by atoms with E-state index in [9.17, 15) is 14.2 Å². The van der Waals surface area contributed by atoms with Crippen LogP contribution in [0.1, 0.15) is 24.0 Å². The van der Waals surface area contributed by atoms with Crippen LogP contribution in [-0.4, -0.2) is 35.8 Å². The van der Waals surface area contributed by atoms with Crippen molar-refractivity contribution >= 4 is 19.9 Å². The molecule has 0 spiro atoms. The maximum atomic E-state index is 12.4. The first-order valence-corrected chi connectivity index (χ1v) is 10.8. The van der Waals surface area contributed by atoms with Crippen LogP contribution in [0, 0.1) is 0 Å². The van der Waals surface area contributed by atoms with Crippen molar-refractivity contribution in [3.05, 3.63) is 71.8 Å². The number of hydrogen-bond acceptors (Lipinski definition) is 4. The molecule has 0 bridgehead atoms. The van der Waals surface area contributed by atoms with Gasteiger partial charge in [-0.3, -0.25) is 14.2 Å². The highest BCUT2D eigenvalue weighted by molar-refractivity contribution is 7.39. The van der Waals surface area contributed by atoms with Gasteiger partial charge in [0.1, 0.15) is 6.10 Å². The molecule has 2 rings (SSSR count). The minimum absolute atomic E-state index is 0.0117. The van der Waals surface area contributed by atoms with Crippen molar-refractivity contribution in [1.82, 2.24) is 5.32 Å². The van der Waals surface area contributed by atoms with Crippen LogP contribution in [0.5, 0.6) is 0 Å². The van der Waals surface area contributed by atoms with Crippen molar-refractivity contribution in [2.24, 2.45) is 0 Å². The molecule has 0 saturated heterocycles. The zero-order chi connectivity index (χ0) is 20.2. The van der Waals surface area contributed by atoms with Crippen LogP contribution in [0.2, 0.25) is 0 Å². The van der Waals surface area contributed by atoms with Gasteiger partial charge in [-0.15, -0.1) is 0 Å². The molecular weight excluding hydrogens is 377 g/mol. The first kappa shape index (κ1) is 21.9. The summed E-state index contributed by atoms with van der Waals surface area (Å²) < 4.78 is 18.0. The molecule has 2 N–H and O–H groups in total. The summed E-state index contributed by atoms with van der Waals surface area (Å²) in [5.74, 6) is -1.43. The molecule has 0 heterocycles. The molecule has 0 saturated carbocycles. The number of carboxylic acid groups (broad SMARTS) is 1. The maximum absolute atomic E-state index is 12.4. The largest absolute Gasteiger partial charge is 0.481 e. The van der Waals surface area contributed by atoms with Gasteiger partial charge >= 0.3 is 5.97 Å². The van der Waals surface area contributed by atoms with E-state index in [1.807, 2.05) is 60.7 Å². The van der Waals surface area contributed by atoms with Gasteiger partial charge in [-0.05, 0) is 24.0 Å². The second-order valence-electron chi connectivity index (χ2n) is 6.44. The van der Waals surface area contributed by atoms with E-state index in [-0.39, 0.29) is 19.4 Å². The Morgan fingerprint density at radius 2 is 1.61 bits per heavy atom. The average Bonchev–Trinajstić information content (AvgIpc) is 2.69. The molecule has 150 valence electrons. The quantitative estimate of drug-likeness (QED) is 0.531. The van der Waals surface area contributed by atoms with Gasteiger partial charge in [0.25, 0.3) is 0 Å². The van der Waals surface area contributed by atoms with Gasteiger partial charge < -0.3 is 14.9 Å². The number of rotatable bonds is 12. The standard InChI is InChI=1S/C21H26NO5P/c23-20(24)13-14-22-21(25)19(16-18-10-5-2-6-11-18)27-28(26)15-7-12-17-8-3-1-4-9-17/h1-6,8-11,19,28H,7,12-16H2,(H,22,25)(H,23,24)/t19-/m0/s1. The predicted molar refractivity (Wildman–Crippen MR) is 109 cm³/mol. The van der Waals surface area contributed by atoms with Gasteiger partial charge in [0, 0.05) is 19.1 Å². The molecular formula is C21H26NO5P. The molecule has 0 aliphatic carbocycles. The van der Waals surface area contributed by atoms with Crippen molar-refractivity contribution in [1.29, 1.82) is 0 Å². The number of carboxylic acids is 1. The van der Waals surface area contributed by atoms with Gasteiger partial charge in [-0.25, -0.2) is 0 Å². The predicted octanol–water partition coefficient (Wildman–Crippen LogP) is 3.31. The molecule has 7 heteroatoms. The Morgan fingerprint density at radius 3 is 2.21 bits per heavy atom. The monoisotopic (exact) mass is 403 g/mol. The molecule has 0 aromatic heterocycles. The molecule has 2 aromatic rings. The fraction of sp³-hybridized carbons (Fsp3) is 0.333. The number of aliphatic carboxylic acids is 1. The highest BCUT2D eigenvalue weighted by Gasteiger charge is 2.22. The molecule has 1 unspecified atom stereocenters. The highest BCUT2D eigenvalue weighted by Crippen LogP contribution is 2.27. The Balaban J connectivity index is 1.88. The molecule has 0 aliphatic heterocycles. The van der Waals surface area contributed by atoms with Gasteiger partial charge in [-0.2, -0.15) is 0 Å². The Bertz CT molecular complexity index is 767. The van der Waals surface area contributed by atoms with E-state index < -0.39 is 26.0 Å². The van der Waals surface area contributed by atoms with Crippen LogP contribution in [0.4, 0.5) is 0 Å². The van der Waals surface area contributed by atoms with Crippen molar-refractivity contribution in [2.75, 3.05) is 12.7 Å². The lowest BCUT2D eigenvalue weighted by Crippen LogP contribution is -2.38. The zero-order valence-corrected chi connectivity index (χ0v) is 16.7. The van der Waals surface area contributed by atoms with E-state index in [1.165, 1.54) is 5.56 Å². The number of benzene rings is 2. The van der Waals surface area contributed by atoms with E-state index in [4.69, 9.17) is 9.63 Å². The Kier molecular flexibility index (Phi) is 9.46. The smallest absolute Gasteiger partial charge is 0.305 e. The summed E-state index contributed by atoms with van der Waals surface area (Å²) in [6.45, 7) is 0.0117. The number of carbonyl (C=O) groups is 2. The Labute approximate surface area is 165 Å². The van der Waals surface area contributed by atoms with Crippen LogP contribution in [0.25, 0.3) is 0 Å². The summed E-state index contributed by atoms with van der Waals surface area (Å²) in [6, 6.07) is 19.2. The SMILES string of the molecule is O=C(O)CCNC(=O)[C@H](Cc1ccccc1)O[PH](=O)CCCc1ccccc1. The molecule has 2 atom stereocenters. The molecule has 0 fully saturated rings. The zero-order valence-electron chi connectivity index (χ0n) is 15.7. The number of aryl methyl sites for hydroxylation is 1. The summed E-state index contributed by atoms with van der Waals surface area (Å²) in [7, 11) is -2.39. The fourth-order valence-electron chi connectivity index (χ4n) is 2.72. The van der Waals surface area contributed by atoms with Crippen LogP contribution in [-0.2, 0) is 31.5 Å². The Morgan fingerprint density at radius 1 is 1.00 bits per heavy atom. The molecule has 6 nitrogen and oxygen atoms in total. The van der Waals surface area contributed by atoms with E-state index in [0.717, 1.165) is 12.0 Å². The van der Waals surface area contributed by atoms with Gasteiger partial charge in [0.2, 0.25) is 5.91 Å². The lowest BCUT2D eigenvalue weighted by molar-refractivity contribution is -0.137. The van der Waals surface area contributed by atoms with Gasteiger partial charge in [-0.1, -0.05) is 60.7 Å². The first-order chi connectivity index (χ1) is 13.5. The van der Waals surface area contributed by atoms with Crippen LogP contribution in [0.3, 0.4) is 0 Å². The summed E-state index contributed by atoms with van der Waals surface area (Å²) in [4.78, 5) is 23.0. The van der Waals surface area contributed by atoms with Crippen molar-refractivity contribution in [3.63, 3.8) is 0 Å². The van der Waals surface area contributed by atoms with Crippen molar-refractivity contribution in [2.45, 2.75) is 31.8 Å². The first-order valence-electron chi connectivity index (χ1n) is 9.31. The van der Waals surface area contributed by atoms with Crippen molar-refractivity contribution < 1.29 is 23.8 Å². The highest BCUT2D eigenvalue weighted by atomic mass is 31.1. The second-order valence-corrected chi connectivity index (χ2v) is 7.92. The molecule has 28 heavy (non-hydrogen) atoms. The number of nitrogens with one attached hydrogen (secondary N) is 1. The third kappa shape index (κ3) is 8.51. The summed E-state index contributed by atoms with van der Waals surface area (Å²) in [5, 5.41) is 11.3. The third-order valence-corrected chi connectivity index (χ3v) is 5.47. The number of hydrogen-bond donors (Lipinski definition) is 2. The van der Waals surface area contributed by atoms with Crippen LogP contribution >= 0.6 is 8.03 Å². The lowest BCUT2D eigenvalue weighted by Gasteiger charge is -2.17. The van der Waals surface area contributed by atoms with Crippen LogP contribution < -0.4 is 5.32 Å². The third-order valence-electron chi connectivity index (χ3n) is 4.16.